The average Bonchev–Trinajstić information content (AvgIpc) is 3.06. The van der Waals surface area contributed by atoms with E-state index < -0.39 is 0 Å². The Balaban J connectivity index is 1.43. The summed E-state index contributed by atoms with van der Waals surface area (Å²) in [4.78, 5) is 34.6. The van der Waals surface area contributed by atoms with E-state index >= 15 is 0 Å². The smallest absolute Gasteiger partial charge is 0.221 e. The summed E-state index contributed by atoms with van der Waals surface area (Å²) in [5, 5.41) is 5.85. The largest absolute Gasteiger partial charge is 0.356 e. The van der Waals surface area contributed by atoms with Crippen molar-refractivity contribution in [1.82, 2.24) is 25.5 Å². The SMILES string of the molecule is CC(=O)NC[C@H]1CC[C@@H](CC(=O)NCCc2nccc(-c3ccccc3)n2)N1C. The van der Waals surface area contributed by atoms with Crippen molar-refractivity contribution in [3.8, 4) is 11.3 Å². The molecule has 2 aromatic rings. The molecule has 1 aliphatic heterocycles. The van der Waals surface area contributed by atoms with Crippen LogP contribution >= 0.6 is 0 Å². The highest BCUT2D eigenvalue weighted by Gasteiger charge is 2.31. The van der Waals surface area contributed by atoms with Crippen molar-refractivity contribution in [2.75, 3.05) is 20.1 Å². The number of carbonyl (C=O) groups is 2. The first kappa shape index (κ1) is 20.9. The molecule has 3 rings (SSSR count). The highest BCUT2D eigenvalue weighted by atomic mass is 16.2. The van der Waals surface area contributed by atoms with Gasteiger partial charge < -0.3 is 10.6 Å². The topological polar surface area (TPSA) is 87.2 Å². The van der Waals surface area contributed by atoms with Crippen LogP contribution in [-0.2, 0) is 16.0 Å². The molecule has 0 bridgehead atoms. The van der Waals surface area contributed by atoms with Crippen molar-refractivity contribution in [3.05, 3.63) is 48.4 Å². The van der Waals surface area contributed by atoms with E-state index in [9.17, 15) is 9.59 Å². The quantitative estimate of drug-likeness (QED) is 0.712. The van der Waals surface area contributed by atoms with E-state index in [0.717, 1.165) is 29.9 Å². The van der Waals surface area contributed by atoms with Gasteiger partial charge >= 0.3 is 0 Å². The Morgan fingerprint density at radius 1 is 1.10 bits per heavy atom. The molecule has 0 saturated carbocycles. The van der Waals surface area contributed by atoms with E-state index in [1.54, 1.807) is 6.20 Å². The third kappa shape index (κ3) is 6.09. The van der Waals surface area contributed by atoms with Gasteiger partial charge in [0.2, 0.25) is 11.8 Å². The Morgan fingerprint density at radius 2 is 1.86 bits per heavy atom. The molecule has 1 saturated heterocycles. The van der Waals surface area contributed by atoms with Crippen LogP contribution in [0.1, 0.15) is 32.0 Å². The van der Waals surface area contributed by atoms with Gasteiger partial charge in [-0.15, -0.1) is 0 Å². The predicted molar refractivity (Wildman–Crippen MR) is 112 cm³/mol. The van der Waals surface area contributed by atoms with Gasteiger partial charge in [-0.1, -0.05) is 30.3 Å². The van der Waals surface area contributed by atoms with Gasteiger partial charge in [-0.3, -0.25) is 14.5 Å². The Kier molecular flexibility index (Phi) is 7.30. The van der Waals surface area contributed by atoms with Crippen LogP contribution in [0.2, 0.25) is 0 Å². The average molecular weight is 396 g/mol. The number of carbonyl (C=O) groups excluding carboxylic acids is 2. The normalized spacial score (nSPS) is 19.1. The third-order valence-corrected chi connectivity index (χ3v) is 5.44. The monoisotopic (exact) mass is 395 g/mol. The van der Waals surface area contributed by atoms with Crippen LogP contribution < -0.4 is 10.6 Å². The number of rotatable bonds is 8. The molecule has 2 amide bonds. The lowest BCUT2D eigenvalue weighted by molar-refractivity contribution is -0.122. The van der Waals surface area contributed by atoms with E-state index in [4.69, 9.17) is 0 Å². The Morgan fingerprint density at radius 3 is 2.62 bits per heavy atom. The minimum Gasteiger partial charge on any atom is -0.356 e. The number of hydrogen-bond acceptors (Lipinski definition) is 5. The molecule has 0 radical (unpaired) electrons. The summed E-state index contributed by atoms with van der Waals surface area (Å²) in [6, 6.07) is 12.4. The van der Waals surface area contributed by atoms with Crippen LogP contribution in [0, 0.1) is 0 Å². The molecule has 1 aromatic heterocycles. The first-order valence-electron chi connectivity index (χ1n) is 10.1. The summed E-state index contributed by atoms with van der Waals surface area (Å²) in [5.74, 6) is 0.749. The van der Waals surface area contributed by atoms with Crippen LogP contribution in [0.25, 0.3) is 11.3 Å². The summed E-state index contributed by atoms with van der Waals surface area (Å²) in [6.45, 7) is 2.68. The zero-order valence-corrected chi connectivity index (χ0v) is 17.1. The Hall–Kier alpha value is -2.80. The zero-order chi connectivity index (χ0) is 20.6. The summed E-state index contributed by atoms with van der Waals surface area (Å²) in [6.07, 6.45) is 4.79. The van der Waals surface area contributed by atoms with Crippen molar-refractivity contribution < 1.29 is 9.59 Å². The molecule has 1 aromatic carbocycles. The Labute approximate surface area is 171 Å². The first-order chi connectivity index (χ1) is 14.0. The number of aromatic nitrogens is 2. The summed E-state index contributed by atoms with van der Waals surface area (Å²) < 4.78 is 0. The van der Waals surface area contributed by atoms with Crippen LogP contribution in [-0.4, -0.2) is 58.9 Å². The lowest BCUT2D eigenvalue weighted by Crippen LogP contribution is -2.42. The van der Waals surface area contributed by atoms with E-state index in [1.165, 1.54) is 6.92 Å². The predicted octanol–water partition coefficient (Wildman–Crippen LogP) is 1.79. The maximum Gasteiger partial charge on any atom is 0.221 e. The molecule has 2 N–H and O–H groups in total. The van der Waals surface area contributed by atoms with Crippen LogP contribution in [0.15, 0.2) is 42.6 Å². The standard InChI is InChI=1S/C22H29N5O2/c1-16(28)25-15-19-9-8-18(27(19)2)14-22(29)24-13-11-21-23-12-10-20(26-21)17-6-4-3-5-7-17/h3-7,10,12,18-19H,8-9,11,13-15H2,1-2H3,(H,24,29)(H,25,28)/t18-,19+/m0/s1. The number of nitrogens with zero attached hydrogens (tertiary/aromatic N) is 3. The van der Waals surface area contributed by atoms with Gasteiger partial charge in [0.05, 0.1) is 5.69 Å². The van der Waals surface area contributed by atoms with Gasteiger partial charge in [-0.05, 0) is 26.0 Å². The number of benzene rings is 1. The van der Waals surface area contributed by atoms with Gasteiger partial charge in [0, 0.05) is 56.7 Å². The van der Waals surface area contributed by atoms with Crippen LogP contribution in [0.4, 0.5) is 0 Å². The lowest BCUT2D eigenvalue weighted by atomic mass is 10.1. The second kappa shape index (κ2) is 10.1. The molecule has 1 aliphatic rings. The number of amides is 2. The van der Waals surface area contributed by atoms with Crippen molar-refractivity contribution in [3.63, 3.8) is 0 Å². The van der Waals surface area contributed by atoms with Gasteiger partial charge in [0.1, 0.15) is 5.82 Å². The second-order valence-electron chi connectivity index (χ2n) is 7.52. The molecule has 0 unspecified atom stereocenters. The maximum absolute atomic E-state index is 12.3. The number of likely N-dealkylation sites (N-methyl/N-ethyl adjacent to an activating group) is 1. The highest BCUT2D eigenvalue weighted by Crippen LogP contribution is 2.24. The van der Waals surface area contributed by atoms with Gasteiger partial charge in [-0.2, -0.15) is 0 Å². The summed E-state index contributed by atoms with van der Waals surface area (Å²) in [5.41, 5.74) is 1.94. The fourth-order valence-corrected chi connectivity index (χ4v) is 3.73. The van der Waals surface area contributed by atoms with Crippen molar-refractivity contribution in [2.24, 2.45) is 0 Å². The fourth-order valence-electron chi connectivity index (χ4n) is 3.73. The molecule has 2 atom stereocenters. The summed E-state index contributed by atoms with van der Waals surface area (Å²) >= 11 is 0. The lowest BCUT2D eigenvalue weighted by Gasteiger charge is -2.25. The van der Waals surface area contributed by atoms with Crippen LogP contribution in [0.3, 0.4) is 0 Å². The molecule has 1 fully saturated rings. The minimum absolute atomic E-state index is 0.0156. The van der Waals surface area contributed by atoms with E-state index in [0.29, 0.717) is 32.0 Å². The fraction of sp³-hybridized carbons (Fsp3) is 0.455. The number of likely N-dealkylation sites (tertiary alicyclic amines) is 1. The van der Waals surface area contributed by atoms with Gasteiger partial charge in [-0.25, -0.2) is 9.97 Å². The van der Waals surface area contributed by atoms with Crippen LogP contribution in [0.5, 0.6) is 0 Å². The number of nitrogens with one attached hydrogen (secondary N) is 2. The molecule has 7 nitrogen and oxygen atoms in total. The first-order valence-corrected chi connectivity index (χ1v) is 10.1. The molecule has 0 aliphatic carbocycles. The number of hydrogen-bond donors (Lipinski definition) is 2. The zero-order valence-electron chi connectivity index (χ0n) is 17.1. The Bertz CT molecular complexity index is 827. The summed E-state index contributed by atoms with van der Waals surface area (Å²) in [7, 11) is 2.03. The van der Waals surface area contributed by atoms with Crippen molar-refractivity contribution in [2.45, 2.75) is 44.7 Å². The molecule has 2 heterocycles. The van der Waals surface area contributed by atoms with Gasteiger partial charge in [0.25, 0.3) is 0 Å². The highest BCUT2D eigenvalue weighted by molar-refractivity contribution is 5.76. The minimum atomic E-state index is -0.0156. The third-order valence-electron chi connectivity index (χ3n) is 5.44. The molecular formula is C22H29N5O2. The second-order valence-corrected chi connectivity index (χ2v) is 7.52. The molecular weight excluding hydrogens is 366 g/mol. The van der Waals surface area contributed by atoms with Crippen molar-refractivity contribution >= 4 is 11.8 Å². The van der Waals surface area contributed by atoms with E-state index in [1.807, 2.05) is 43.4 Å². The molecule has 7 heteroatoms. The molecule has 29 heavy (non-hydrogen) atoms. The van der Waals surface area contributed by atoms with Gasteiger partial charge in [0.15, 0.2) is 0 Å². The van der Waals surface area contributed by atoms with E-state index in [-0.39, 0.29) is 17.9 Å². The maximum atomic E-state index is 12.3. The molecule has 154 valence electrons. The molecule has 0 spiro atoms. The van der Waals surface area contributed by atoms with Crippen molar-refractivity contribution in [1.29, 1.82) is 0 Å². The van der Waals surface area contributed by atoms with E-state index in [2.05, 4.69) is 25.5 Å².